The topological polar surface area (TPSA) is 52.0 Å². The third-order valence-electron chi connectivity index (χ3n) is 1.85. The third-order valence-corrected chi connectivity index (χ3v) is 3.48. The summed E-state index contributed by atoms with van der Waals surface area (Å²) in [6.45, 7) is 0.612. The number of hydrogen-bond acceptors (Lipinski definition) is 4. The van der Waals surface area contributed by atoms with Crippen LogP contribution in [0.3, 0.4) is 0 Å². The van der Waals surface area contributed by atoms with Gasteiger partial charge in [-0.25, -0.2) is 0 Å². The van der Waals surface area contributed by atoms with Crippen molar-refractivity contribution < 1.29 is 4.52 Å². The van der Waals surface area contributed by atoms with E-state index in [0.717, 1.165) is 26.4 Å². The summed E-state index contributed by atoms with van der Waals surface area (Å²) in [7, 11) is 0. The molecule has 2 aromatic rings. The Kier molecular flexibility index (Phi) is 3.00. The molecule has 14 heavy (non-hydrogen) atoms. The normalized spacial score (nSPS) is 10.7. The van der Waals surface area contributed by atoms with Crippen LogP contribution in [-0.2, 0) is 6.42 Å². The molecule has 5 heteroatoms. The zero-order valence-corrected chi connectivity index (χ0v) is 9.77. The minimum atomic E-state index is 0.612. The first-order chi connectivity index (χ1) is 6.81. The summed E-state index contributed by atoms with van der Waals surface area (Å²) in [5.41, 5.74) is 6.57. The van der Waals surface area contributed by atoms with Crippen molar-refractivity contribution in [3.8, 4) is 10.6 Å². The molecular weight excluding hydrogens is 264 g/mol. The summed E-state index contributed by atoms with van der Waals surface area (Å²) >= 11 is 5.04. The highest BCUT2D eigenvalue weighted by atomic mass is 79.9. The SMILES string of the molecule is NCCc1cnoc1-c1ccc(Br)s1. The molecule has 0 bridgehead atoms. The summed E-state index contributed by atoms with van der Waals surface area (Å²) in [5.74, 6) is 0.839. The van der Waals surface area contributed by atoms with Crippen molar-refractivity contribution in [3.05, 3.63) is 27.7 Å². The van der Waals surface area contributed by atoms with Crippen LogP contribution in [0.25, 0.3) is 10.6 Å². The maximum atomic E-state index is 5.50. The second-order valence-electron chi connectivity index (χ2n) is 2.82. The van der Waals surface area contributed by atoms with E-state index in [0.29, 0.717) is 6.54 Å². The molecule has 0 saturated carbocycles. The maximum absolute atomic E-state index is 5.50. The van der Waals surface area contributed by atoms with Gasteiger partial charge in [0.25, 0.3) is 0 Å². The number of aromatic nitrogens is 1. The van der Waals surface area contributed by atoms with Crippen molar-refractivity contribution in [2.45, 2.75) is 6.42 Å². The van der Waals surface area contributed by atoms with E-state index in [2.05, 4.69) is 21.1 Å². The summed E-state index contributed by atoms with van der Waals surface area (Å²) in [5, 5.41) is 3.79. The lowest BCUT2D eigenvalue weighted by Crippen LogP contribution is -2.02. The van der Waals surface area contributed by atoms with E-state index in [9.17, 15) is 0 Å². The monoisotopic (exact) mass is 272 g/mol. The zero-order valence-electron chi connectivity index (χ0n) is 7.37. The Labute approximate surface area is 94.0 Å². The van der Waals surface area contributed by atoms with Crippen LogP contribution in [0.5, 0.6) is 0 Å². The van der Waals surface area contributed by atoms with Gasteiger partial charge < -0.3 is 10.3 Å². The van der Waals surface area contributed by atoms with Crippen LogP contribution in [-0.4, -0.2) is 11.7 Å². The number of nitrogens with zero attached hydrogens (tertiary/aromatic N) is 1. The molecule has 0 aliphatic carbocycles. The molecule has 2 rings (SSSR count). The summed E-state index contributed by atoms with van der Waals surface area (Å²) in [6, 6.07) is 4.00. The first-order valence-corrected chi connectivity index (χ1v) is 5.81. The molecular formula is C9H9BrN2OS. The first kappa shape index (κ1) is 9.89. The van der Waals surface area contributed by atoms with Crippen LogP contribution in [0.2, 0.25) is 0 Å². The van der Waals surface area contributed by atoms with Gasteiger partial charge in [-0.15, -0.1) is 11.3 Å². The molecule has 0 atom stereocenters. The van der Waals surface area contributed by atoms with Crippen molar-refractivity contribution in [1.29, 1.82) is 0 Å². The predicted molar refractivity (Wildman–Crippen MR) is 60.3 cm³/mol. The lowest BCUT2D eigenvalue weighted by Gasteiger charge is -1.94. The van der Waals surface area contributed by atoms with Crippen LogP contribution in [0.1, 0.15) is 5.56 Å². The highest BCUT2D eigenvalue weighted by molar-refractivity contribution is 9.11. The van der Waals surface area contributed by atoms with Gasteiger partial charge in [-0.2, -0.15) is 0 Å². The molecule has 0 spiro atoms. The first-order valence-electron chi connectivity index (χ1n) is 4.20. The zero-order chi connectivity index (χ0) is 9.97. The molecule has 0 unspecified atom stereocenters. The Morgan fingerprint density at radius 1 is 1.50 bits per heavy atom. The molecule has 0 fully saturated rings. The fourth-order valence-corrected chi connectivity index (χ4v) is 2.63. The lowest BCUT2D eigenvalue weighted by molar-refractivity contribution is 0.432. The standard InChI is InChI=1S/C9H9BrN2OS/c10-8-2-1-7(14-8)9-6(3-4-11)5-12-13-9/h1-2,5H,3-4,11H2. The summed E-state index contributed by atoms with van der Waals surface area (Å²) in [4.78, 5) is 1.08. The Bertz CT molecular complexity index is 424. The second kappa shape index (κ2) is 4.25. The smallest absolute Gasteiger partial charge is 0.180 e. The van der Waals surface area contributed by atoms with E-state index in [-0.39, 0.29) is 0 Å². The number of thiophene rings is 1. The van der Waals surface area contributed by atoms with E-state index in [1.54, 1.807) is 17.5 Å². The minimum absolute atomic E-state index is 0.612. The van der Waals surface area contributed by atoms with Gasteiger partial charge in [0.2, 0.25) is 0 Å². The van der Waals surface area contributed by atoms with Gasteiger partial charge in [0.05, 0.1) is 14.9 Å². The van der Waals surface area contributed by atoms with Crippen molar-refractivity contribution in [2.24, 2.45) is 5.73 Å². The van der Waals surface area contributed by atoms with Gasteiger partial charge in [-0.1, -0.05) is 5.16 Å². The maximum Gasteiger partial charge on any atom is 0.180 e. The van der Waals surface area contributed by atoms with E-state index in [1.807, 2.05) is 12.1 Å². The molecule has 2 N–H and O–H groups in total. The van der Waals surface area contributed by atoms with Gasteiger partial charge >= 0.3 is 0 Å². The second-order valence-corrected chi connectivity index (χ2v) is 5.29. The van der Waals surface area contributed by atoms with Crippen LogP contribution in [0, 0.1) is 0 Å². The van der Waals surface area contributed by atoms with E-state index in [1.165, 1.54) is 0 Å². The Morgan fingerprint density at radius 3 is 3.00 bits per heavy atom. The molecule has 74 valence electrons. The molecule has 0 aliphatic heterocycles. The molecule has 3 nitrogen and oxygen atoms in total. The third kappa shape index (κ3) is 1.89. The fraction of sp³-hybridized carbons (Fsp3) is 0.222. The predicted octanol–water partition coefficient (Wildman–Crippen LogP) is 2.67. The minimum Gasteiger partial charge on any atom is -0.355 e. The van der Waals surface area contributed by atoms with Crippen molar-refractivity contribution in [1.82, 2.24) is 5.16 Å². The molecule has 0 radical (unpaired) electrons. The molecule has 0 aliphatic rings. The molecule has 2 aromatic heterocycles. The van der Waals surface area contributed by atoms with Gasteiger partial charge in [-0.05, 0) is 41.0 Å². The highest BCUT2D eigenvalue weighted by Gasteiger charge is 2.11. The largest absolute Gasteiger partial charge is 0.355 e. The fourth-order valence-electron chi connectivity index (χ4n) is 1.23. The van der Waals surface area contributed by atoms with E-state index >= 15 is 0 Å². The van der Waals surface area contributed by atoms with Crippen molar-refractivity contribution >= 4 is 27.3 Å². The average molecular weight is 273 g/mol. The summed E-state index contributed by atoms with van der Waals surface area (Å²) in [6.07, 6.45) is 2.53. The molecule has 0 aromatic carbocycles. The van der Waals surface area contributed by atoms with Crippen LogP contribution in [0.4, 0.5) is 0 Å². The number of hydrogen-bond donors (Lipinski definition) is 1. The Balaban J connectivity index is 2.36. The van der Waals surface area contributed by atoms with Crippen LogP contribution < -0.4 is 5.73 Å². The number of nitrogens with two attached hydrogens (primary N) is 1. The van der Waals surface area contributed by atoms with E-state index < -0.39 is 0 Å². The molecule has 0 saturated heterocycles. The summed E-state index contributed by atoms with van der Waals surface area (Å²) < 4.78 is 6.29. The van der Waals surface area contributed by atoms with Crippen molar-refractivity contribution in [2.75, 3.05) is 6.54 Å². The lowest BCUT2D eigenvalue weighted by atomic mass is 10.2. The number of halogens is 1. The Hall–Kier alpha value is -0.650. The van der Waals surface area contributed by atoms with Crippen LogP contribution >= 0.6 is 27.3 Å². The quantitative estimate of drug-likeness (QED) is 0.935. The molecule has 0 amide bonds. The average Bonchev–Trinajstić information content (AvgIpc) is 2.74. The van der Waals surface area contributed by atoms with E-state index in [4.69, 9.17) is 10.3 Å². The van der Waals surface area contributed by atoms with Gasteiger partial charge in [0.1, 0.15) is 0 Å². The Morgan fingerprint density at radius 2 is 2.36 bits per heavy atom. The van der Waals surface area contributed by atoms with Crippen LogP contribution in [0.15, 0.2) is 26.6 Å². The number of rotatable bonds is 3. The van der Waals surface area contributed by atoms with Gasteiger partial charge in [-0.3, -0.25) is 0 Å². The molecule has 2 heterocycles. The van der Waals surface area contributed by atoms with Gasteiger partial charge in [0, 0.05) is 5.56 Å². The van der Waals surface area contributed by atoms with Gasteiger partial charge in [0.15, 0.2) is 5.76 Å². The van der Waals surface area contributed by atoms with Crippen molar-refractivity contribution in [3.63, 3.8) is 0 Å². The highest BCUT2D eigenvalue weighted by Crippen LogP contribution is 2.33.